The fourth-order valence-corrected chi connectivity index (χ4v) is 5.18. The Morgan fingerprint density at radius 1 is 1.00 bits per heavy atom. The first kappa shape index (κ1) is 24.7. The van der Waals surface area contributed by atoms with E-state index in [0.717, 1.165) is 17.4 Å². The van der Waals surface area contributed by atoms with Crippen molar-refractivity contribution >= 4 is 33.8 Å². The van der Waals surface area contributed by atoms with Gasteiger partial charge in [0.15, 0.2) is 0 Å². The van der Waals surface area contributed by atoms with Crippen LogP contribution in [0.25, 0.3) is 33.3 Å². The highest BCUT2D eigenvalue weighted by molar-refractivity contribution is 6.00. The summed E-state index contributed by atoms with van der Waals surface area (Å²) in [7, 11) is 0. The standard InChI is InChI=1S/C27H23F3N8O/c1-15-35-22-14-33-20-6-5-19(16-12-18(27(28,29)30)25(31)34-13-16)36-23(20)24(22)38(15)17-7-10-37(11-8-17)26(39)21-4-2-3-9-32-21/h2-6,9,12-14,17H,7-8,10-11H2,1H3,(H2,31,34). The minimum Gasteiger partial charge on any atom is -0.383 e. The second-order valence-corrected chi connectivity index (χ2v) is 9.48. The molecule has 6 rings (SSSR count). The van der Waals surface area contributed by atoms with E-state index in [-0.39, 0.29) is 17.5 Å². The SMILES string of the molecule is Cc1nc2cnc3ccc(-c4cnc(N)c(C(F)(F)F)c4)nc3c2n1C1CCN(C(=O)c2ccccn2)CC1. The van der Waals surface area contributed by atoms with E-state index in [4.69, 9.17) is 15.7 Å². The maximum absolute atomic E-state index is 13.5. The third-order valence-corrected chi connectivity index (χ3v) is 7.06. The number of fused-ring (bicyclic) bond motifs is 3. The number of aromatic nitrogens is 6. The second-order valence-electron chi connectivity index (χ2n) is 9.48. The first-order chi connectivity index (χ1) is 18.7. The van der Waals surface area contributed by atoms with Crippen LogP contribution in [0.3, 0.4) is 0 Å². The van der Waals surface area contributed by atoms with Crippen molar-refractivity contribution in [3.63, 3.8) is 0 Å². The highest BCUT2D eigenvalue weighted by atomic mass is 19.4. The minimum atomic E-state index is -4.64. The molecule has 198 valence electrons. The number of carbonyl (C=O) groups is 1. The number of aryl methyl sites for hydroxylation is 1. The maximum Gasteiger partial charge on any atom is 0.419 e. The fraction of sp³-hybridized carbons (Fsp3) is 0.259. The monoisotopic (exact) mass is 532 g/mol. The number of nitrogens with zero attached hydrogens (tertiary/aromatic N) is 7. The summed E-state index contributed by atoms with van der Waals surface area (Å²) < 4.78 is 42.5. The second kappa shape index (κ2) is 9.29. The smallest absolute Gasteiger partial charge is 0.383 e. The summed E-state index contributed by atoms with van der Waals surface area (Å²) in [6.45, 7) is 3.01. The Morgan fingerprint density at radius 3 is 2.51 bits per heavy atom. The van der Waals surface area contributed by atoms with Gasteiger partial charge in [-0.05, 0) is 50.1 Å². The number of pyridine rings is 4. The van der Waals surface area contributed by atoms with Crippen LogP contribution in [-0.4, -0.2) is 53.4 Å². The van der Waals surface area contributed by atoms with Gasteiger partial charge in [-0.1, -0.05) is 6.07 Å². The molecule has 5 aromatic rings. The molecule has 2 N–H and O–H groups in total. The maximum atomic E-state index is 13.5. The van der Waals surface area contributed by atoms with Gasteiger partial charge in [-0.2, -0.15) is 13.2 Å². The average Bonchev–Trinajstić information content (AvgIpc) is 3.29. The lowest BCUT2D eigenvalue weighted by Crippen LogP contribution is -2.39. The van der Waals surface area contributed by atoms with Gasteiger partial charge in [0, 0.05) is 37.1 Å². The van der Waals surface area contributed by atoms with Crippen LogP contribution in [0.4, 0.5) is 19.0 Å². The molecule has 0 bridgehead atoms. The van der Waals surface area contributed by atoms with Crippen molar-refractivity contribution in [1.82, 2.24) is 34.4 Å². The van der Waals surface area contributed by atoms with Gasteiger partial charge in [0.05, 0.1) is 28.5 Å². The zero-order valence-corrected chi connectivity index (χ0v) is 20.9. The van der Waals surface area contributed by atoms with Gasteiger partial charge in [0.25, 0.3) is 5.91 Å². The molecule has 12 heteroatoms. The van der Waals surface area contributed by atoms with Crippen molar-refractivity contribution in [2.75, 3.05) is 18.8 Å². The topological polar surface area (TPSA) is 116 Å². The van der Waals surface area contributed by atoms with Crippen molar-refractivity contribution in [3.8, 4) is 11.3 Å². The fourth-order valence-electron chi connectivity index (χ4n) is 5.18. The number of rotatable bonds is 3. The molecule has 0 saturated carbocycles. The highest BCUT2D eigenvalue weighted by Crippen LogP contribution is 2.36. The summed E-state index contributed by atoms with van der Waals surface area (Å²) >= 11 is 0. The largest absolute Gasteiger partial charge is 0.419 e. The summed E-state index contributed by atoms with van der Waals surface area (Å²) in [6.07, 6.45) is 1.32. The van der Waals surface area contributed by atoms with E-state index in [1.165, 1.54) is 6.20 Å². The number of carbonyl (C=O) groups excluding carboxylic acids is 1. The van der Waals surface area contributed by atoms with Gasteiger partial charge in [-0.25, -0.2) is 15.0 Å². The third-order valence-electron chi connectivity index (χ3n) is 7.06. The molecule has 9 nitrogen and oxygen atoms in total. The normalized spacial score (nSPS) is 14.8. The van der Waals surface area contributed by atoms with Crippen LogP contribution in [-0.2, 0) is 6.18 Å². The first-order valence-electron chi connectivity index (χ1n) is 12.4. The van der Waals surface area contributed by atoms with Crippen molar-refractivity contribution < 1.29 is 18.0 Å². The van der Waals surface area contributed by atoms with Crippen molar-refractivity contribution in [2.45, 2.75) is 32.0 Å². The first-order valence-corrected chi connectivity index (χ1v) is 12.4. The summed E-state index contributed by atoms with van der Waals surface area (Å²) in [4.78, 5) is 36.5. The van der Waals surface area contributed by atoms with E-state index in [2.05, 4.69) is 19.5 Å². The number of imidazole rings is 1. The van der Waals surface area contributed by atoms with E-state index in [1.54, 1.807) is 47.6 Å². The number of anilines is 1. The molecule has 0 radical (unpaired) electrons. The van der Waals surface area contributed by atoms with Gasteiger partial charge in [0.1, 0.15) is 28.4 Å². The van der Waals surface area contributed by atoms with Crippen molar-refractivity contribution in [2.24, 2.45) is 0 Å². The molecule has 5 aromatic heterocycles. The highest BCUT2D eigenvalue weighted by Gasteiger charge is 2.34. The molecule has 0 aromatic carbocycles. The summed E-state index contributed by atoms with van der Waals surface area (Å²) in [5.41, 5.74) is 7.92. The van der Waals surface area contributed by atoms with Crippen LogP contribution in [0.15, 0.2) is 55.0 Å². The number of nitrogen functional groups attached to an aromatic ring is 1. The molecule has 1 fully saturated rings. The Balaban J connectivity index is 1.37. The lowest BCUT2D eigenvalue weighted by molar-refractivity contribution is -0.137. The average molecular weight is 533 g/mol. The molecule has 0 atom stereocenters. The number of hydrogen-bond acceptors (Lipinski definition) is 7. The van der Waals surface area contributed by atoms with Gasteiger partial charge in [0.2, 0.25) is 0 Å². The zero-order valence-electron chi connectivity index (χ0n) is 20.9. The number of halogens is 3. The Bertz CT molecular complexity index is 1710. The minimum absolute atomic E-state index is 0.0499. The Hall–Kier alpha value is -4.61. The predicted octanol–water partition coefficient (Wildman–Crippen LogP) is 4.82. The van der Waals surface area contributed by atoms with E-state index in [1.807, 2.05) is 6.92 Å². The predicted molar refractivity (Wildman–Crippen MR) is 139 cm³/mol. The van der Waals surface area contributed by atoms with E-state index in [0.29, 0.717) is 53.9 Å². The van der Waals surface area contributed by atoms with Crippen molar-refractivity contribution in [3.05, 3.63) is 72.1 Å². The van der Waals surface area contributed by atoms with E-state index >= 15 is 0 Å². The molecular weight excluding hydrogens is 509 g/mol. The molecular formula is C27H23F3N8O. The summed E-state index contributed by atoms with van der Waals surface area (Å²) in [5.74, 6) is 0.0877. The van der Waals surface area contributed by atoms with Gasteiger partial charge in [-0.15, -0.1) is 0 Å². The lowest BCUT2D eigenvalue weighted by Gasteiger charge is -2.33. The van der Waals surface area contributed by atoms with Crippen LogP contribution >= 0.6 is 0 Å². The Labute approximate surface area is 220 Å². The lowest BCUT2D eigenvalue weighted by atomic mass is 10.0. The molecule has 1 saturated heterocycles. The van der Waals surface area contributed by atoms with E-state index < -0.39 is 17.6 Å². The Morgan fingerprint density at radius 2 is 1.79 bits per heavy atom. The van der Waals surface area contributed by atoms with Crippen LogP contribution in [0, 0.1) is 6.92 Å². The third kappa shape index (κ3) is 4.41. The van der Waals surface area contributed by atoms with Crippen molar-refractivity contribution in [1.29, 1.82) is 0 Å². The van der Waals surface area contributed by atoms with Crippen LogP contribution in [0.2, 0.25) is 0 Å². The van der Waals surface area contributed by atoms with Gasteiger partial charge in [-0.3, -0.25) is 14.8 Å². The van der Waals surface area contributed by atoms with Crippen LogP contribution in [0.5, 0.6) is 0 Å². The van der Waals surface area contributed by atoms with Gasteiger partial charge < -0.3 is 15.2 Å². The molecule has 0 aliphatic carbocycles. The molecule has 1 amide bonds. The number of likely N-dealkylation sites (tertiary alicyclic amines) is 1. The van der Waals surface area contributed by atoms with Gasteiger partial charge >= 0.3 is 6.18 Å². The number of hydrogen-bond donors (Lipinski definition) is 1. The van der Waals surface area contributed by atoms with Crippen LogP contribution in [0.1, 0.15) is 40.8 Å². The number of nitrogens with two attached hydrogens (primary N) is 1. The molecule has 1 aliphatic heterocycles. The number of alkyl halides is 3. The quantitative estimate of drug-likeness (QED) is 0.354. The van der Waals surface area contributed by atoms with E-state index in [9.17, 15) is 18.0 Å². The molecule has 1 aliphatic rings. The zero-order chi connectivity index (χ0) is 27.3. The van der Waals surface area contributed by atoms with Crippen LogP contribution < -0.4 is 5.73 Å². The molecule has 0 spiro atoms. The number of amides is 1. The summed E-state index contributed by atoms with van der Waals surface area (Å²) in [6, 6.07) is 9.62. The molecule has 0 unspecified atom stereocenters. The summed E-state index contributed by atoms with van der Waals surface area (Å²) in [5, 5.41) is 0. The molecule has 39 heavy (non-hydrogen) atoms. The molecule has 6 heterocycles. The number of piperidine rings is 1. The Kier molecular flexibility index (Phi) is 5.89.